The maximum Gasteiger partial charge on any atom is 0.213 e. The number of aromatic nitrogens is 1. The third kappa shape index (κ3) is 3.58. The van der Waals surface area contributed by atoms with Gasteiger partial charge in [-0.3, -0.25) is 0 Å². The summed E-state index contributed by atoms with van der Waals surface area (Å²) in [6.07, 6.45) is 0.281. The molecular formula is C17H21NO2. The monoisotopic (exact) mass is 271 g/mol. The maximum absolute atomic E-state index is 10.5. The summed E-state index contributed by atoms with van der Waals surface area (Å²) in [5.41, 5.74) is 2.70. The van der Waals surface area contributed by atoms with Crippen LogP contribution in [0.2, 0.25) is 0 Å². The van der Waals surface area contributed by atoms with Gasteiger partial charge in [-0.05, 0) is 29.5 Å². The number of aliphatic hydroxyl groups is 1. The number of pyridine rings is 1. The van der Waals surface area contributed by atoms with Crippen molar-refractivity contribution in [1.29, 1.82) is 0 Å². The number of benzene rings is 1. The molecule has 2 aromatic rings. The Labute approximate surface area is 120 Å². The molecule has 1 unspecified atom stereocenters. The Morgan fingerprint density at radius 1 is 1.15 bits per heavy atom. The number of methoxy groups -OCH3 is 1. The second-order valence-electron chi connectivity index (χ2n) is 5.35. The van der Waals surface area contributed by atoms with E-state index in [1.165, 1.54) is 5.56 Å². The van der Waals surface area contributed by atoms with Crippen molar-refractivity contribution >= 4 is 0 Å². The number of aliphatic hydroxyl groups excluding tert-OH is 1. The van der Waals surface area contributed by atoms with E-state index in [9.17, 15) is 5.11 Å². The predicted octanol–water partition coefficient (Wildman–Crippen LogP) is 3.37. The number of hydrogen-bond donors (Lipinski definition) is 1. The highest BCUT2D eigenvalue weighted by Crippen LogP contribution is 2.23. The van der Waals surface area contributed by atoms with Crippen LogP contribution in [0, 0.1) is 5.92 Å². The summed E-state index contributed by atoms with van der Waals surface area (Å²) >= 11 is 0. The van der Waals surface area contributed by atoms with Crippen molar-refractivity contribution < 1.29 is 9.84 Å². The van der Waals surface area contributed by atoms with E-state index in [0.29, 0.717) is 17.5 Å². The van der Waals surface area contributed by atoms with Gasteiger partial charge >= 0.3 is 0 Å². The van der Waals surface area contributed by atoms with E-state index in [1.54, 1.807) is 13.2 Å². The molecule has 20 heavy (non-hydrogen) atoms. The summed E-state index contributed by atoms with van der Waals surface area (Å²) in [5, 5.41) is 10.5. The number of hydrogen-bond acceptors (Lipinski definition) is 3. The third-order valence-electron chi connectivity index (χ3n) is 3.15. The van der Waals surface area contributed by atoms with Crippen molar-refractivity contribution in [2.45, 2.75) is 26.4 Å². The molecule has 0 spiro atoms. The highest BCUT2D eigenvalue weighted by atomic mass is 16.5. The van der Waals surface area contributed by atoms with Crippen LogP contribution in [0.4, 0.5) is 0 Å². The fourth-order valence-corrected chi connectivity index (χ4v) is 2.23. The number of rotatable bonds is 5. The van der Waals surface area contributed by atoms with E-state index < -0.39 is 6.10 Å². The van der Waals surface area contributed by atoms with Gasteiger partial charge in [-0.15, -0.1) is 0 Å². The summed E-state index contributed by atoms with van der Waals surface area (Å²) in [7, 11) is 1.57. The molecule has 1 N–H and O–H groups in total. The normalized spacial score (nSPS) is 12.4. The molecule has 3 nitrogen and oxygen atoms in total. The molecular weight excluding hydrogens is 250 g/mol. The van der Waals surface area contributed by atoms with Crippen LogP contribution < -0.4 is 4.74 Å². The van der Waals surface area contributed by atoms with Crippen molar-refractivity contribution in [3.8, 4) is 5.88 Å². The molecule has 1 aromatic carbocycles. The molecule has 0 aliphatic rings. The zero-order chi connectivity index (χ0) is 14.5. The van der Waals surface area contributed by atoms with Crippen LogP contribution in [0.3, 0.4) is 0 Å². The second-order valence-corrected chi connectivity index (χ2v) is 5.35. The third-order valence-corrected chi connectivity index (χ3v) is 3.15. The lowest BCUT2D eigenvalue weighted by Crippen LogP contribution is -2.04. The Balaban J connectivity index is 2.25. The molecule has 0 radical (unpaired) electrons. The van der Waals surface area contributed by atoms with Gasteiger partial charge in [-0.25, -0.2) is 4.98 Å². The molecule has 0 saturated carbocycles. The first kappa shape index (κ1) is 14.5. The first-order valence-electron chi connectivity index (χ1n) is 6.88. The Hall–Kier alpha value is -1.87. The molecule has 1 atom stereocenters. The molecule has 2 rings (SSSR count). The molecule has 0 fully saturated rings. The Morgan fingerprint density at radius 2 is 1.90 bits per heavy atom. The molecule has 0 bridgehead atoms. The predicted molar refractivity (Wildman–Crippen MR) is 79.8 cm³/mol. The van der Waals surface area contributed by atoms with E-state index in [1.807, 2.05) is 30.3 Å². The van der Waals surface area contributed by atoms with Gasteiger partial charge in [-0.1, -0.05) is 44.2 Å². The van der Waals surface area contributed by atoms with Gasteiger partial charge in [0.15, 0.2) is 0 Å². The lowest BCUT2D eigenvalue weighted by molar-refractivity contribution is 0.213. The van der Waals surface area contributed by atoms with Gasteiger partial charge in [-0.2, -0.15) is 0 Å². The minimum Gasteiger partial charge on any atom is -0.481 e. The quantitative estimate of drug-likeness (QED) is 0.906. The number of ether oxygens (including phenoxy) is 1. The molecule has 3 heteroatoms. The molecule has 0 saturated heterocycles. The Kier molecular flexibility index (Phi) is 4.74. The lowest BCUT2D eigenvalue weighted by atomic mass is 9.98. The fraction of sp³-hybridized carbons (Fsp3) is 0.353. The Morgan fingerprint density at radius 3 is 2.60 bits per heavy atom. The minimum atomic E-state index is -0.725. The van der Waals surface area contributed by atoms with E-state index in [4.69, 9.17) is 4.74 Å². The average Bonchev–Trinajstić information content (AvgIpc) is 2.46. The standard InChI is InChI=1S/C17H21NO2/c1-12(2)10-13-6-4-7-14(11-13)17(19)15-8-5-9-16(18-15)20-3/h4-9,11-12,17,19H,10H2,1-3H3. The van der Waals surface area contributed by atoms with Gasteiger partial charge in [0.25, 0.3) is 0 Å². The molecule has 0 aliphatic carbocycles. The molecule has 0 aliphatic heterocycles. The van der Waals surface area contributed by atoms with Crippen LogP contribution in [0.1, 0.15) is 36.8 Å². The average molecular weight is 271 g/mol. The summed E-state index contributed by atoms with van der Waals surface area (Å²) in [6, 6.07) is 13.5. The highest BCUT2D eigenvalue weighted by molar-refractivity contribution is 5.31. The molecule has 1 aromatic heterocycles. The highest BCUT2D eigenvalue weighted by Gasteiger charge is 2.13. The van der Waals surface area contributed by atoms with Crippen LogP contribution in [-0.4, -0.2) is 17.2 Å². The van der Waals surface area contributed by atoms with Gasteiger partial charge in [0.2, 0.25) is 5.88 Å². The first-order chi connectivity index (χ1) is 9.60. The second kappa shape index (κ2) is 6.53. The zero-order valence-electron chi connectivity index (χ0n) is 12.2. The van der Waals surface area contributed by atoms with E-state index in [2.05, 4.69) is 24.9 Å². The number of nitrogens with zero attached hydrogens (tertiary/aromatic N) is 1. The van der Waals surface area contributed by atoms with E-state index in [-0.39, 0.29) is 0 Å². The molecule has 1 heterocycles. The van der Waals surface area contributed by atoms with Crippen molar-refractivity contribution in [2.75, 3.05) is 7.11 Å². The topological polar surface area (TPSA) is 42.4 Å². The largest absolute Gasteiger partial charge is 0.481 e. The lowest BCUT2D eigenvalue weighted by Gasteiger charge is -2.13. The van der Waals surface area contributed by atoms with Crippen molar-refractivity contribution in [1.82, 2.24) is 4.98 Å². The van der Waals surface area contributed by atoms with E-state index in [0.717, 1.165) is 12.0 Å². The molecule has 106 valence electrons. The maximum atomic E-state index is 10.5. The van der Waals surface area contributed by atoms with Crippen LogP contribution >= 0.6 is 0 Å². The smallest absolute Gasteiger partial charge is 0.213 e. The van der Waals surface area contributed by atoms with Gasteiger partial charge in [0.1, 0.15) is 6.10 Å². The van der Waals surface area contributed by atoms with Crippen LogP contribution in [0.15, 0.2) is 42.5 Å². The van der Waals surface area contributed by atoms with Crippen LogP contribution in [-0.2, 0) is 6.42 Å². The van der Waals surface area contributed by atoms with Gasteiger partial charge < -0.3 is 9.84 Å². The SMILES string of the molecule is COc1cccc(C(O)c2cccc(CC(C)C)c2)n1. The fourth-order valence-electron chi connectivity index (χ4n) is 2.23. The van der Waals surface area contributed by atoms with Gasteiger partial charge in [0.05, 0.1) is 12.8 Å². The van der Waals surface area contributed by atoms with Crippen LogP contribution in [0.25, 0.3) is 0 Å². The van der Waals surface area contributed by atoms with Crippen LogP contribution in [0.5, 0.6) is 5.88 Å². The van der Waals surface area contributed by atoms with Crippen molar-refractivity contribution in [3.63, 3.8) is 0 Å². The van der Waals surface area contributed by atoms with Crippen molar-refractivity contribution in [3.05, 3.63) is 59.3 Å². The molecule has 0 amide bonds. The van der Waals surface area contributed by atoms with E-state index >= 15 is 0 Å². The summed E-state index contributed by atoms with van der Waals surface area (Å²) in [4.78, 5) is 4.29. The first-order valence-corrected chi connectivity index (χ1v) is 6.88. The van der Waals surface area contributed by atoms with Gasteiger partial charge in [0, 0.05) is 6.07 Å². The minimum absolute atomic E-state index is 0.514. The van der Waals surface area contributed by atoms with Crippen molar-refractivity contribution in [2.24, 2.45) is 5.92 Å². The Bertz CT molecular complexity index is 566. The summed E-state index contributed by atoms with van der Waals surface area (Å²) < 4.78 is 5.10. The zero-order valence-corrected chi connectivity index (χ0v) is 12.2. The summed E-state index contributed by atoms with van der Waals surface area (Å²) in [5.74, 6) is 1.11. The summed E-state index contributed by atoms with van der Waals surface area (Å²) in [6.45, 7) is 4.37.